The zero-order chi connectivity index (χ0) is 27.3. The van der Waals surface area contributed by atoms with Gasteiger partial charge in [-0.3, -0.25) is 13.9 Å². The molecule has 0 aliphatic rings. The lowest BCUT2D eigenvalue weighted by molar-refractivity contribution is -0.139. The molecular weight excluding hydrogens is 493 g/mol. The zero-order valence-corrected chi connectivity index (χ0v) is 22.5. The maximum Gasteiger partial charge on any atom is 0.264 e. The number of amides is 2. The van der Waals surface area contributed by atoms with E-state index in [0.29, 0.717) is 11.3 Å². The fraction of sp³-hybridized carbons (Fsp3) is 0.286. The van der Waals surface area contributed by atoms with Crippen LogP contribution in [0.3, 0.4) is 0 Å². The average Bonchev–Trinajstić information content (AvgIpc) is 2.86. The number of rotatable bonds is 9. The summed E-state index contributed by atoms with van der Waals surface area (Å²) in [4.78, 5) is 27.5. The van der Waals surface area contributed by atoms with Gasteiger partial charge >= 0.3 is 0 Å². The van der Waals surface area contributed by atoms with Crippen LogP contribution in [0.2, 0.25) is 0 Å². The number of benzene rings is 3. The third-order valence-corrected chi connectivity index (χ3v) is 8.00. The van der Waals surface area contributed by atoms with Crippen LogP contribution in [0.5, 0.6) is 0 Å². The van der Waals surface area contributed by atoms with E-state index in [4.69, 9.17) is 0 Å². The fourth-order valence-electron chi connectivity index (χ4n) is 4.04. The summed E-state index contributed by atoms with van der Waals surface area (Å²) in [6.45, 7) is 6.26. The quantitative estimate of drug-likeness (QED) is 0.456. The van der Waals surface area contributed by atoms with Crippen molar-refractivity contribution in [3.8, 4) is 0 Å². The molecule has 196 valence electrons. The van der Waals surface area contributed by atoms with E-state index in [1.807, 2.05) is 19.9 Å². The Hall–Kier alpha value is -3.72. The standard InChI is InChI=1S/C28H32FN3O4S/c1-19-10-13-24(14-11-19)37(35,36)32(26-15-12-20(2)16-21(26)3)18-27(33)31(22(4)28(34)30-5)17-23-8-6-7-9-25(23)29/h6-16,22H,17-18H2,1-5H3,(H,30,34). The Bertz CT molecular complexity index is 1390. The number of sulfonamides is 1. The Labute approximate surface area is 218 Å². The van der Waals surface area contributed by atoms with Crippen LogP contribution in [-0.4, -0.2) is 44.8 Å². The minimum atomic E-state index is -4.16. The van der Waals surface area contributed by atoms with Gasteiger partial charge < -0.3 is 10.2 Å². The number of nitrogens with zero attached hydrogens (tertiary/aromatic N) is 2. The van der Waals surface area contributed by atoms with E-state index < -0.39 is 40.2 Å². The van der Waals surface area contributed by atoms with Crippen molar-refractivity contribution in [2.24, 2.45) is 0 Å². The second kappa shape index (κ2) is 11.6. The molecule has 3 aromatic rings. The Morgan fingerprint density at radius 1 is 0.946 bits per heavy atom. The topological polar surface area (TPSA) is 86.8 Å². The van der Waals surface area contributed by atoms with Gasteiger partial charge in [0.05, 0.1) is 10.6 Å². The smallest absolute Gasteiger partial charge is 0.264 e. The van der Waals surface area contributed by atoms with E-state index in [1.165, 1.54) is 49.2 Å². The van der Waals surface area contributed by atoms with Crippen LogP contribution in [0, 0.1) is 26.6 Å². The molecule has 0 spiro atoms. The summed E-state index contributed by atoms with van der Waals surface area (Å²) in [6.07, 6.45) is 0. The lowest BCUT2D eigenvalue weighted by Crippen LogP contribution is -2.51. The highest BCUT2D eigenvalue weighted by Crippen LogP contribution is 2.28. The molecule has 0 saturated carbocycles. The SMILES string of the molecule is CNC(=O)C(C)N(Cc1ccccc1F)C(=O)CN(c1ccc(C)cc1C)S(=O)(=O)c1ccc(C)cc1. The highest BCUT2D eigenvalue weighted by atomic mass is 32.2. The minimum Gasteiger partial charge on any atom is -0.357 e. The van der Waals surface area contributed by atoms with Crippen molar-refractivity contribution in [3.05, 3.63) is 94.8 Å². The van der Waals surface area contributed by atoms with Gasteiger partial charge in [0.2, 0.25) is 11.8 Å². The maximum absolute atomic E-state index is 14.5. The second-order valence-corrected chi connectivity index (χ2v) is 10.9. The molecule has 0 saturated heterocycles. The van der Waals surface area contributed by atoms with E-state index >= 15 is 0 Å². The highest BCUT2D eigenvalue weighted by Gasteiger charge is 2.33. The first-order valence-corrected chi connectivity index (χ1v) is 13.3. The normalized spacial score (nSPS) is 12.1. The highest BCUT2D eigenvalue weighted by molar-refractivity contribution is 7.92. The first kappa shape index (κ1) is 27.9. The van der Waals surface area contributed by atoms with Gasteiger partial charge in [-0.15, -0.1) is 0 Å². The first-order chi connectivity index (χ1) is 17.4. The molecule has 37 heavy (non-hydrogen) atoms. The average molecular weight is 526 g/mol. The predicted molar refractivity (Wildman–Crippen MR) is 142 cm³/mol. The van der Waals surface area contributed by atoms with Crippen LogP contribution in [0.15, 0.2) is 71.6 Å². The van der Waals surface area contributed by atoms with E-state index in [0.717, 1.165) is 15.4 Å². The summed E-state index contributed by atoms with van der Waals surface area (Å²) < 4.78 is 43.2. The summed E-state index contributed by atoms with van der Waals surface area (Å²) in [7, 11) is -2.72. The number of anilines is 1. The summed E-state index contributed by atoms with van der Waals surface area (Å²) in [5.41, 5.74) is 3.06. The molecule has 0 aliphatic carbocycles. The first-order valence-electron chi connectivity index (χ1n) is 11.9. The Kier molecular flexibility index (Phi) is 8.70. The molecule has 9 heteroatoms. The van der Waals surface area contributed by atoms with E-state index in [1.54, 1.807) is 37.3 Å². The summed E-state index contributed by atoms with van der Waals surface area (Å²) in [5, 5.41) is 2.50. The van der Waals surface area contributed by atoms with Crippen LogP contribution in [-0.2, 0) is 26.2 Å². The van der Waals surface area contributed by atoms with Gasteiger partial charge in [-0.05, 0) is 57.5 Å². The molecule has 1 unspecified atom stereocenters. The zero-order valence-electron chi connectivity index (χ0n) is 21.7. The Morgan fingerprint density at radius 3 is 2.16 bits per heavy atom. The summed E-state index contributed by atoms with van der Waals surface area (Å²) in [6, 6.07) is 16.6. The number of carbonyl (C=O) groups excluding carboxylic acids is 2. The monoisotopic (exact) mass is 525 g/mol. The molecule has 0 fully saturated rings. The number of hydrogen-bond acceptors (Lipinski definition) is 4. The van der Waals surface area contributed by atoms with Crippen LogP contribution in [0.25, 0.3) is 0 Å². The summed E-state index contributed by atoms with van der Waals surface area (Å²) in [5.74, 6) is -1.62. The molecule has 0 aliphatic heterocycles. The van der Waals surface area contributed by atoms with Crippen molar-refractivity contribution in [1.29, 1.82) is 0 Å². The number of hydrogen-bond donors (Lipinski definition) is 1. The number of carbonyl (C=O) groups is 2. The molecule has 2 amide bonds. The van der Waals surface area contributed by atoms with Gasteiger partial charge in [0.25, 0.3) is 10.0 Å². The number of nitrogens with one attached hydrogen (secondary N) is 1. The number of likely N-dealkylation sites (N-methyl/N-ethyl adjacent to an activating group) is 1. The lowest BCUT2D eigenvalue weighted by Gasteiger charge is -2.32. The van der Waals surface area contributed by atoms with Crippen molar-refractivity contribution in [1.82, 2.24) is 10.2 Å². The molecular formula is C28H32FN3O4S. The molecule has 3 rings (SSSR count). The van der Waals surface area contributed by atoms with Crippen molar-refractivity contribution < 1.29 is 22.4 Å². The largest absolute Gasteiger partial charge is 0.357 e. The van der Waals surface area contributed by atoms with E-state index in [-0.39, 0.29) is 17.0 Å². The van der Waals surface area contributed by atoms with Crippen LogP contribution in [0.1, 0.15) is 29.2 Å². The van der Waals surface area contributed by atoms with Crippen molar-refractivity contribution in [2.75, 3.05) is 17.9 Å². The van der Waals surface area contributed by atoms with Gasteiger partial charge in [0, 0.05) is 19.2 Å². The van der Waals surface area contributed by atoms with Gasteiger partial charge in [-0.1, -0.05) is 53.6 Å². The van der Waals surface area contributed by atoms with Gasteiger partial charge in [-0.25, -0.2) is 12.8 Å². The van der Waals surface area contributed by atoms with E-state index in [2.05, 4.69) is 5.32 Å². The van der Waals surface area contributed by atoms with Crippen LogP contribution >= 0.6 is 0 Å². The number of halogens is 1. The third kappa shape index (κ3) is 6.35. The van der Waals surface area contributed by atoms with Crippen LogP contribution in [0.4, 0.5) is 10.1 Å². The molecule has 1 atom stereocenters. The van der Waals surface area contributed by atoms with Gasteiger partial charge in [-0.2, -0.15) is 0 Å². The minimum absolute atomic E-state index is 0.0332. The van der Waals surface area contributed by atoms with Gasteiger partial charge in [0.1, 0.15) is 18.4 Å². The molecule has 0 radical (unpaired) electrons. The number of aryl methyl sites for hydroxylation is 3. The third-order valence-electron chi connectivity index (χ3n) is 6.22. The van der Waals surface area contributed by atoms with E-state index in [9.17, 15) is 22.4 Å². The van der Waals surface area contributed by atoms with Crippen LogP contribution < -0.4 is 9.62 Å². The predicted octanol–water partition coefficient (Wildman–Crippen LogP) is 4.11. The summed E-state index contributed by atoms with van der Waals surface area (Å²) >= 11 is 0. The Balaban J connectivity index is 2.08. The van der Waals surface area contributed by atoms with Crippen molar-refractivity contribution in [2.45, 2.75) is 45.2 Å². The maximum atomic E-state index is 14.5. The molecule has 3 aromatic carbocycles. The molecule has 7 nitrogen and oxygen atoms in total. The molecule has 0 bridgehead atoms. The molecule has 1 N–H and O–H groups in total. The second-order valence-electron chi connectivity index (χ2n) is 9.02. The molecule has 0 heterocycles. The fourth-order valence-corrected chi connectivity index (χ4v) is 5.52. The van der Waals surface area contributed by atoms with Gasteiger partial charge in [0.15, 0.2) is 0 Å². The van der Waals surface area contributed by atoms with Crippen molar-refractivity contribution in [3.63, 3.8) is 0 Å². The van der Waals surface area contributed by atoms with Crippen molar-refractivity contribution >= 4 is 27.5 Å². The Morgan fingerprint density at radius 2 is 1.57 bits per heavy atom. The molecule has 0 aromatic heterocycles. The lowest BCUT2D eigenvalue weighted by atomic mass is 10.1.